The zero-order valence-corrected chi connectivity index (χ0v) is 22.8. The summed E-state index contributed by atoms with van der Waals surface area (Å²) in [7, 11) is 3.17. The van der Waals surface area contributed by atoms with Crippen LogP contribution in [0.1, 0.15) is 112 Å². The summed E-state index contributed by atoms with van der Waals surface area (Å²) >= 11 is 0. The number of aldehydes is 1. The van der Waals surface area contributed by atoms with Crippen LogP contribution in [-0.4, -0.2) is 36.5 Å². The van der Waals surface area contributed by atoms with Crippen LogP contribution in [0, 0.1) is 17.8 Å². The lowest BCUT2D eigenvalue weighted by Crippen LogP contribution is -2.34. The number of allylic oxidation sites excluding steroid dienone is 5. The summed E-state index contributed by atoms with van der Waals surface area (Å²) in [6, 6.07) is 0.570. The summed E-state index contributed by atoms with van der Waals surface area (Å²) in [6.45, 7) is 11.2. The molecule has 3 nitrogen and oxygen atoms in total. The van der Waals surface area contributed by atoms with E-state index in [9.17, 15) is 4.79 Å². The van der Waals surface area contributed by atoms with Gasteiger partial charge in [0.15, 0.2) is 0 Å². The van der Waals surface area contributed by atoms with Gasteiger partial charge < -0.3 is 10.0 Å². The van der Waals surface area contributed by atoms with Crippen molar-refractivity contribution < 1.29 is 9.90 Å². The molecule has 0 amide bonds. The molecule has 0 aromatic heterocycles. The lowest BCUT2D eigenvalue weighted by atomic mass is 9.84. The molecule has 2 saturated carbocycles. The Kier molecular flexibility index (Phi) is 14.7. The highest BCUT2D eigenvalue weighted by Gasteiger charge is 2.23. The van der Waals surface area contributed by atoms with Crippen molar-refractivity contribution in [3.05, 3.63) is 34.6 Å². The van der Waals surface area contributed by atoms with Gasteiger partial charge in [0.05, 0.1) is 0 Å². The van der Waals surface area contributed by atoms with Gasteiger partial charge in [-0.25, -0.2) is 0 Å². The van der Waals surface area contributed by atoms with E-state index < -0.39 is 0 Å². The molecule has 190 valence electrons. The zero-order chi connectivity index (χ0) is 24.8. The van der Waals surface area contributed by atoms with Crippen LogP contribution < -0.4 is 0 Å². The van der Waals surface area contributed by atoms with Crippen LogP contribution in [0.2, 0.25) is 0 Å². The average molecular weight is 460 g/mol. The Morgan fingerprint density at radius 2 is 1.36 bits per heavy atom. The molecule has 0 atom stereocenters. The van der Waals surface area contributed by atoms with Crippen LogP contribution in [0.5, 0.6) is 0 Å². The average Bonchev–Trinajstić information content (AvgIpc) is 2.86. The van der Waals surface area contributed by atoms with Gasteiger partial charge in [0.1, 0.15) is 6.29 Å². The second-order valence-electron chi connectivity index (χ2n) is 10.9. The molecule has 1 N–H and O–H groups in total. The second-order valence-corrected chi connectivity index (χ2v) is 10.9. The van der Waals surface area contributed by atoms with Gasteiger partial charge in [-0.2, -0.15) is 0 Å². The Labute approximate surface area is 205 Å². The number of likely N-dealkylation sites (N-methyl/N-ethyl adjacent to an activating group) is 1. The first-order chi connectivity index (χ1) is 15.8. The summed E-state index contributed by atoms with van der Waals surface area (Å²) in [5.41, 5.74) is 4.76. The van der Waals surface area contributed by atoms with E-state index in [4.69, 9.17) is 5.11 Å². The van der Waals surface area contributed by atoms with E-state index in [1.165, 1.54) is 88.2 Å². The van der Waals surface area contributed by atoms with Crippen molar-refractivity contribution in [2.75, 3.05) is 14.2 Å². The van der Waals surface area contributed by atoms with Crippen LogP contribution >= 0.6 is 0 Å². The van der Waals surface area contributed by atoms with Gasteiger partial charge in [-0.1, -0.05) is 52.5 Å². The molecule has 3 rings (SSSR count). The quantitative estimate of drug-likeness (QED) is 0.258. The van der Waals surface area contributed by atoms with Crippen molar-refractivity contribution in [2.45, 2.75) is 118 Å². The van der Waals surface area contributed by atoms with Gasteiger partial charge in [-0.05, 0) is 100 Å². The Morgan fingerprint density at radius 3 is 1.79 bits per heavy atom. The van der Waals surface area contributed by atoms with Gasteiger partial charge in [0.2, 0.25) is 0 Å². The minimum Gasteiger partial charge on any atom is -0.400 e. The molecule has 3 aliphatic carbocycles. The van der Waals surface area contributed by atoms with E-state index in [0.29, 0.717) is 6.04 Å². The molecule has 3 heteroatoms. The molecule has 0 spiro atoms. The Hall–Kier alpha value is -1.35. The predicted molar refractivity (Wildman–Crippen MR) is 143 cm³/mol. The number of hydrogen-bond donors (Lipinski definition) is 1. The highest BCUT2D eigenvalue weighted by atomic mass is 16.2. The number of carbonyl (C=O) groups excluding carboxylic acids is 1. The van der Waals surface area contributed by atoms with Gasteiger partial charge in [-0.3, -0.25) is 4.79 Å². The molecule has 0 saturated heterocycles. The first kappa shape index (κ1) is 29.7. The van der Waals surface area contributed by atoms with Crippen molar-refractivity contribution in [2.24, 2.45) is 17.8 Å². The van der Waals surface area contributed by atoms with Crippen molar-refractivity contribution in [3.63, 3.8) is 0 Å². The van der Waals surface area contributed by atoms with E-state index in [-0.39, 0.29) is 0 Å². The maximum Gasteiger partial charge on any atom is 0.147 e. The Morgan fingerprint density at radius 1 is 0.879 bits per heavy atom. The molecule has 0 unspecified atom stereocenters. The summed E-state index contributed by atoms with van der Waals surface area (Å²) in [6.07, 6.45) is 21.6. The second kappa shape index (κ2) is 16.3. The normalized spacial score (nSPS) is 28.7. The minimum atomic E-state index is 0.570. The molecular formula is C30H53NO2. The van der Waals surface area contributed by atoms with Crippen molar-refractivity contribution in [1.29, 1.82) is 0 Å². The number of hydrogen-bond acceptors (Lipinski definition) is 3. The monoisotopic (exact) mass is 459 g/mol. The van der Waals surface area contributed by atoms with Crippen molar-refractivity contribution >= 4 is 6.29 Å². The minimum absolute atomic E-state index is 0.570. The van der Waals surface area contributed by atoms with Crippen LogP contribution in [0.4, 0.5) is 0 Å². The Bertz CT molecular complexity index is 634. The van der Waals surface area contributed by atoms with E-state index in [0.717, 1.165) is 42.4 Å². The lowest BCUT2D eigenvalue weighted by molar-refractivity contribution is -0.105. The molecule has 33 heavy (non-hydrogen) atoms. The predicted octanol–water partition coefficient (Wildman–Crippen LogP) is 7.86. The van der Waals surface area contributed by atoms with Gasteiger partial charge in [0, 0.05) is 31.5 Å². The van der Waals surface area contributed by atoms with Crippen molar-refractivity contribution in [1.82, 2.24) is 4.90 Å². The van der Waals surface area contributed by atoms with E-state index in [1.54, 1.807) is 0 Å². The van der Waals surface area contributed by atoms with E-state index in [2.05, 4.69) is 51.8 Å². The van der Waals surface area contributed by atoms with E-state index >= 15 is 0 Å². The third kappa shape index (κ3) is 10.6. The number of nitrogens with zero attached hydrogens (tertiary/aromatic N) is 1. The highest BCUT2D eigenvalue weighted by molar-refractivity contribution is 5.74. The molecular weight excluding hydrogens is 406 g/mol. The fraction of sp³-hybridized carbons (Fsp3) is 0.767. The summed E-state index contributed by atoms with van der Waals surface area (Å²) in [5, 5.41) is 7.00. The summed E-state index contributed by atoms with van der Waals surface area (Å²) in [4.78, 5) is 13.8. The largest absolute Gasteiger partial charge is 0.400 e. The smallest absolute Gasteiger partial charge is 0.147 e. The molecule has 0 aliphatic heterocycles. The molecule has 0 aromatic rings. The maximum absolute atomic E-state index is 11.4. The van der Waals surface area contributed by atoms with Crippen LogP contribution in [0.15, 0.2) is 34.6 Å². The van der Waals surface area contributed by atoms with Crippen molar-refractivity contribution in [3.8, 4) is 0 Å². The third-order valence-corrected chi connectivity index (χ3v) is 7.95. The first-order valence-corrected chi connectivity index (χ1v) is 13.5. The molecule has 0 radical (unpaired) electrons. The van der Waals surface area contributed by atoms with Crippen LogP contribution in [0.3, 0.4) is 0 Å². The number of carbonyl (C=O) groups is 1. The number of aliphatic hydroxyl groups excluding tert-OH is 1. The third-order valence-electron chi connectivity index (χ3n) is 7.95. The summed E-state index contributed by atoms with van der Waals surface area (Å²) < 4.78 is 0. The van der Waals surface area contributed by atoms with E-state index in [1.807, 2.05) is 6.92 Å². The van der Waals surface area contributed by atoms with Crippen LogP contribution in [0.25, 0.3) is 0 Å². The van der Waals surface area contributed by atoms with Gasteiger partial charge >= 0.3 is 0 Å². The zero-order valence-electron chi connectivity index (χ0n) is 22.8. The molecule has 0 bridgehead atoms. The molecule has 3 aliphatic rings. The summed E-state index contributed by atoms with van der Waals surface area (Å²) in [5.74, 6) is 2.89. The SMILES string of the molecule is C/C(C=O)=C(\C=C(/C)C1=CCCCC1)N(C)C1CCC(C)CC1.CC1CCC(C)CC1.CO. The molecule has 0 aromatic carbocycles. The molecule has 2 fully saturated rings. The maximum atomic E-state index is 11.4. The van der Waals surface area contributed by atoms with Gasteiger partial charge in [-0.15, -0.1) is 0 Å². The highest BCUT2D eigenvalue weighted by Crippen LogP contribution is 2.31. The molecule has 0 heterocycles. The fourth-order valence-corrected chi connectivity index (χ4v) is 5.30. The number of rotatable bonds is 5. The van der Waals surface area contributed by atoms with Crippen LogP contribution in [-0.2, 0) is 4.79 Å². The van der Waals surface area contributed by atoms with Gasteiger partial charge in [0.25, 0.3) is 0 Å². The topological polar surface area (TPSA) is 40.5 Å². The lowest BCUT2D eigenvalue weighted by Gasteiger charge is -2.36. The standard InChI is InChI=1S/C21H33NO.C8H16.CH4O/c1-16-10-12-20(13-11-16)22(4)21(18(3)15-23)14-17(2)19-8-6-5-7-9-19;1-7-3-5-8(2)6-4-7;1-2/h8,14-16,20H,5-7,9-13H2,1-4H3;7-8H,3-6H2,1-2H3;2H,1H3/b17-14+,21-18-;;. The Balaban J connectivity index is 0.000000454. The number of aliphatic hydroxyl groups is 1. The fourth-order valence-electron chi connectivity index (χ4n) is 5.30. The first-order valence-electron chi connectivity index (χ1n) is 13.5.